The number of aromatic nitrogens is 1. The summed E-state index contributed by atoms with van der Waals surface area (Å²) in [6.45, 7) is -2.96. The number of ether oxygens (including phenoxy) is 1. The highest BCUT2D eigenvalue weighted by atomic mass is 32.1. The minimum Gasteiger partial charge on any atom is -0.507 e. The van der Waals surface area contributed by atoms with E-state index in [-0.39, 0.29) is 17.1 Å². The number of carbonyl (C=O) groups excluding carboxylic acids is 1. The largest absolute Gasteiger partial charge is 0.507 e. The topological polar surface area (TPSA) is 102 Å². The van der Waals surface area contributed by atoms with Crippen LogP contribution in [0.2, 0.25) is 0 Å². The fraction of sp³-hybridized carbons (Fsp3) is 0.105. The summed E-state index contributed by atoms with van der Waals surface area (Å²) in [5.74, 6) is -1.02. The molecule has 7 nitrogen and oxygen atoms in total. The van der Waals surface area contributed by atoms with Gasteiger partial charge in [0.05, 0.1) is 17.5 Å². The number of rotatable bonds is 6. The number of nitrogens with zero attached hydrogens (tertiary/aromatic N) is 3. The number of para-hydroxylation sites is 1. The van der Waals surface area contributed by atoms with E-state index in [1.54, 1.807) is 36.7 Å². The Labute approximate surface area is 168 Å². The number of nitrogens with two attached hydrogens (primary N) is 1. The third-order valence-corrected chi connectivity index (χ3v) is 4.79. The Hall–Kier alpha value is -3.53. The number of halogens is 2. The van der Waals surface area contributed by atoms with Crippen molar-refractivity contribution in [2.45, 2.75) is 6.61 Å². The Balaban J connectivity index is 2.07. The number of hydrogen-bond acceptors (Lipinski definition) is 6. The average molecular weight is 418 g/mol. The monoisotopic (exact) mass is 418 g/mol. The van der Waals surface area contributed by atoms with Crippen LogP contribution >= 0.6 is 11.3 Å². The lowest BCUT2D eigenvalue weighted by atomic mass is 10.1. The molecular formula is C19H16F2N4O3S. The molecule has 0 unspecified atom stereocenters. The van der Waals surface area contributed by atoms with Crippen LogP contribution in [0.4, 0.5) is 8.78 Å². The molecule has 0 saturated carbocycles. The normalized spacial score (nSPS) is 12.1. The summed E-state index contributed by atoms with van der Waals surface area (Å²) in [6.07, 6.45) is 1.37. The zero-order valence-electron chi connectivity index (χ0n) is 15.1. The molecule has 0 aliphatic rings. The summed E-state index contributed by atoms with van der Waals surface area (Å²) >= 11 is 1.29. The summed E-state index contributed by atoms with van der Waals surface area (Å²) in [5, 5.41) is 15.9. The van der Waals surface area contributed by atoms with Crippen LogP contribution in [-0.2, 0) is 0 Å². The smallest absolute Gasteiger partial charge is 0.387 e. The van der Waals surface area contributed by atoms with Crippen LogP contribution in [0.1, 0.15) is 15.9 Å². The third kappa shape index (κ3) is 4.49. The van der Waals surface area contributed by atoms with Crippen molar-refractivity contribution in [3.8, 4) is 22.8 Å². The Morgan fingerprint density at radius 1 is 1.31 bits per heavy atom. The van der Waals surface area contributed by atoms with Gasteiger partial charge in [-0.1, -0.05) is 12.1 Å². The maximum absolute atomic E-state index is 12.6. The number of carbonyl (C=O) groups is 1. The molecular weight excluding hydrogens is 402 g/mol. The first-order valence-electron chi connectivity index (χ1n) is 8.25. The van der Waals surface area contributed by atoms with Crippen molar-refractivity contribution in [1.82, 2.24) is 4.68 Å². The first kappa shape index (κ1) is 20.2. The Morgan fingerprint density at radius 3 is 2.76 bits per heavy atom. The summed E-state index contributed by atoms with van der Waals surface area (Å²) in [7, 11) is 1.58. The van der Waals surface area contributed by atoms with E-state index in [4.69, 9.17) is 5.73 Å². The minimum absolute atomic E-state index is 0.0146. The highest BCUT2D eigenvalue weighted by molar-refractivity contribution is 7.07. The van der Waals surface area contributed by atoms with Crippen LogP contribution in [0.5, 0.6) is 11.5 Å². The number of thiazole rings is 1. The molecule has 10 heteroatoms. The maximum atomic E-state index is 12.6. The van der Waals surface area contributed by atoms with Gasteiger partial charge < -0.3 is 15.6 Å². The van der Waals surface area contributed by atoms with E-state index in [9.17, 15) is 18.7 Å². The number of alkyl halides is 2. The second kappa shape index (κ2) is 8.65. The molecule has 150 valence electrons. The lowest BCUT2D eigenvalue weighted by Gasteiger charge is -2.08. The summed E-state index contributed by atoms with van der Waals surface area (Å²) < 4.78 is 31.2. The average Bonchev–Trinajstić information content (AvgIpc) is 3.10. The molecule has 3 rings (SSSR count). The van der Waals surface area contributed by atoms with Crippen molar-refractivity contribution in [3.05, 3.63) is 63.8 Å². The molecule has 3 aromatic rings. The second-order valence-electron chi connectivity index (χ2n) is 5.70. The third-order valence-electron chi connectivity index (χ3n) is 3.88. The van der Waals surface area contributed by atoms with E-state index >= 15 is 0 Å². The molecule has 0 aliphatic heterocycles. The van der Waals surface area contributed by atoms with Gasteiger partial charge in [0, 0.05) is 23.6 Å². The first-order valence-corrected chi connectivity index (χ1v) is 9.13. The number of primary amides is 1. The Morgan fingerprint density at radius 2 is 2.07 bits per heavy atom. The van der Waals surface area contributed by atoms with Crippen LogP contribution in [0.3, 0.4) is 0 Å². The van der Waals surface area contributed by atoms with Gasteiger partial charge in [0.25, 0.3) is 5.91 Å². The number of amides is 1. The molecule has 0 atom stereocenters. The van der Waals surface area contributed by atoms with Crippen molar-refractivity contribution in [2.75, 3.05) is 7.05 Å². The lowest BCUT2D eigenvalue weighted by molar-refractivity contribution is -0.0499. The molecule has 1 aromatic heterocycles. The molecule has 0 saturated heterocycles. The van der Waals surface area contributed by atoms with Crippen LogP contribution in [0.25, 0.3) is 11.3 Å². The number of aromatic hydroxyl groups is 1. The summed E-state index contributed by atoms with van der Waals surface area (Å²) in [5.41, 5.74) is 6.75. The predicted octanol–water partition coefficient (Wildman–Crippen LogP) is 3.04. The fourth-order valence-corrected chi connectivity index (χ4v) is 3.37. The van der Waals surface area contributed by atoms with Crippen LogP contribution < -0.4 is 15.3 Å². The summed E-state index contributed by atoms with van der Waals surface area (Å²) in [4.78, 5) is 16.2. The van der Waals surface area contributed by atoms with Crippen LogP contribution in [0.15, 0.2) is 57.9 Å². The second-order valence-corrected chi connectivity index (χ2v) is 6.53. The zero-order chi connectivity index (χ0) is 21.0. The van der Waals surface area contributed by atoms with Crippen molar-refractivity contribution < 1.29 is 23.4 Å². The van der Waals surface area contributed by atoms with Gasteiger partial charge >= 0.3 is 6.61 Å². The number of hydrogen-bond donors (Lipinski definition) is 2. The standard InChI is InChI=1S/C19H16F2N4O3S/c1-23-19-25(24-9-12-4-2-3-5-16(12)28-18(20)21)14(10-29-19)11-6-7-15(26)13(8-11)17(22)27/h2-10,18,26H,1H3,(H2,22,27)/b23-19?,24-9+. The molecule has 3 N–H and O–H groups in total. The molecule has 0 radical (unpaired) electrons. The number of phenols is 1. The van der Waals surface area contributed by atoms with Crippen LogP contribution in [0, 0.1) is 0 Å². The molecule has 0 spiro atoms. The number of benzene rings is 2. The molecule has 2 aromatic carbocycles. The van der Waals surface area contributed by atoms with Gasteiger partial charge in [-0.25, -0.2) is 4.68 Å². The van der Waals surface area contributed by atoms with Crippen molar-refractivity contribution >= 4 is 23.5 Å². The van der Waals surface area contributed by atoms with Gasteiger partial charge in [-0.3, -0.25) is 9.79 Å². The molecule has 0 aliphatic carbocycles. The maximum Gasteiger partial charge on any atom is 0.387 e. The molecule has 0 fully saturated rings. The quantitative estimate of drug-likeness (QED) is 0.602. The van der Waals surface area contributed by atoms with Gasteiger partial charge in [-0.05, 0) is 30.3 Å². The molecule has 0 bridgehead atoms. The van der Waals surface area contributed by atoms with Gasteiger partial charge in [-0.2, -0.15) is 13.9 Å². The first-order chi connectivity index (χ1) is 13.9. The SMILES string of the molecule is CN=c1scc(-c2ccc(O)c(C(N)=O)c2)n1/N=C/c1ccccc1OC(F)F. The minimum atomic E-state index is -2.96. The zero-order valence-corrected chi connectivity index (χ0v) is 15.9. The van der Waals surface area contributed by atoms with Crippen molar-refractivity contribution in [3.63, 3.8) is 0 Å². The van der Waals surface area contributed by atoms with E-state index in [0.717, 1.165) is 0 Å². The highest BCUT2D eigenvalue weighted by Gasteiger charge is 2.13. The summed E-state index contributed by atoms with van der Waals surface area (Å²) in [6, 6.07) is 10.6. The van der Waals surface area contributed by atoms with Gasteiger partial charge in [-0.15, -0.1) is 11.3 Å². The Kier molecular flexibility index (Phi) is 6.03. The van der Waals surface area contributed by atoms with Gasteiger partial charge in [0.15, 0.2) is 0 Å². The van der Waals surface area contributed by atoms with Crippen molar-refractivity contribution in [1.29, 1.82) is 0 Å². The lowest BCUT2D eigenvalue weighted by Crippen LogP contribution is -2.13. The molecule has 29 heavy (non-hydrogen) atoms. The van der Waals surface area contributed by atoms with E-state index < -0.39 is 12.5 Å². The highest BCUT2D eigenvalue weighted by Crippen LogP contribution is 2.26. The molecule has 1 heterocycles. The van der Waals surface area contributed by atoms with E-state index in [0.29, 0.717) is 21.6 Å². The molecule has 1 amide bonds. The fourth-order valence-electron chi connectivity index (χ4n) is 2.56. The van der Waals surface area contributed by atoms with E-state index in [1.165, 1.54) is 40.4 Å². The predicted molar refractivity (Wildman–Crippen MR) is 105 cm³/mol. The van der Waals surface area contributed by atoms with E-state index in [1.807, 2.05) is 0 Å². The Bertz CT molecular complexity index is 1140. The van der Waals surface area contributed by atoms with E-state index in [2.05, 4.69) is 14.8 Å². The van der Waals surface area contributed by atoms with Gasteiger partial charge in [0.1, 0.15) is 11.5 Å². The van der Waals surface area contributed by atoms with Gasteiger partial charge in [0.2, 0.25) is 4.80 Å². The van der Waals surface area contributed by atoms with Crippen LogP contribution in [-0.4, -0.2) is 35.6 Å². The van der Waals surface area contributed by atoms with Crippen molar-refractivity contribution in [2.24, 2.45) is 15.8 Å².